The van der Waals surface area contributed by atoms with Crippen LogP contribution in [0.3, 0.4) is 0 Å². The van der Waals surface area contributed by atoms with E-state index in [0.29, 0.717) is 23.9 Å². The Hall–Kier alpha value is -1.37. The van der Waals surface area contributed by atoms with Crippen molar-refractivity contribution in [3.8, 4) is 11.8 Å². The van der Waals surface area contributed by atoms with E-state index in [1.165, 1.54) is 18.9 Å². The Labute approximate surface area is 127 Å². The van der Waals surface area contributed by atoms with Crippen LogP contribution >= 0.6 is 0 Å². The van der Waals surface area contributed by atoms with Crippen LogP contribution < -0.4 is 0 Å². The maximum Gasteiger partial charge on any atom is 0.128 e. The molecule has 0 spiro atoms. The summed E-state index contributed by atoms with van der Waals surface area (Å²) in [7, 11) is 0. The predicted molar refractivity (Wildman–Crippen MR) is 83.3 cm³/mol. The molecule has 0 aromatic heterocycles. The van der Waals surface area contributed by atoms with Crippen LogP contribution in [0.15, 0.2) is 18.2 Å². The van der Waals surface area contributed by atoms with Gasteiger partial charge in [-0.15, -0.1) is 0 Å². The smallest absolute Gasteiger partial charge is 0.128 e. The van der Waals surface area contributed by atoms with Crippen molar-refractivity contribution in [3.05, 3.63) is 35.1 Å². The van der Waals surface area contributed by atoms with E-state index in [4.69, 9.17) is 5.11 Å². The molecule has 0 aliphatic carbocycles. The fraction of sp³-hybridized carbons (Fsp3) is 0.556. The van der Waals surface area contributed by atoms with Crippen molar-refractivity contribution >= 4 is 0 Å². The predicted octanol–water partition coefficient (Wildman–Crippen LogP) is 3.18. The topological polar surface area (TPSA) is 23.5 Å². The molecule has 1 aliphatic heterocycles. The molecule has 2 rings (SSSR count). The van der Waals surface area contributed by atoms with Crippen molar-refractivity contribution in [2.24, 2.45) is 5.41 Å². The summed E-state index contributed by atoms with van der Waals surface area (Å²) >= 11 is 0. The number of hydrogen-bond acceptors (Lipinski definition) is 2. The molecule has 0 amide bonds. The van der Waals surface area contributed by atoms with Gasteiger partial charge < -0.3 is 5.11 Å². The first-order valence-corrected chi connectivity index (χ1v) is 7.61. The molecule has 2 nitrogen and oxygen atoms in total. The Morgan fingerprint density at radius 2 is 2.00 bits per heavy atom. The number of piperidine rings is 1. The van der Waals surface area contributed by atoms with Gasteiger partial charge in [-0.2, -0.15) is 0 Å². The fourth-order valence-electron chi connectivity index (χ4n) is 2.53. The Morgan fingerprint density at radius 3 is 2.62 bits per heavy atom. The van der Waals surface area contributed by atoms with Crippen molar-refractivity contribution in [2.75, 3.05) is 19.7 Å². The molecule has 1 heterocycles. The SMILES string of the molecule is CC1(C)CCN(Cc2ccc(C#CCCO)cc2F)CC1. The number of aliphatic hydroxyl groups is 1. The van der Waals surface area contributed by atoms with Gasteiger partial charge in [-0.1, -0.05) is 31.8 Å². The first kappa shape index (κ1) is 16.0. The molecule has 0 unspecified atom stereocenters. The van der Waals surface area contributed by atoms with Crippen LogP contribution in [0, 0.1) is 23.1 Å². The average molecular weight is 289 g/mol. The fourth-order valence-corrected chi connectivity index (χ4v) is 2.53. The zero-order valence-corrected chi connectivity index (χ0v) is 13.0. The number of likely N-dealkylation sites (tertiary alicyclic amines) is 1. The lowest BCUT2D eigenvalue weighted by Crippen LogP contribution is -2.36. The minimum absolute atomic E-state index is 0.0405. The van der Waals surface area contributed by atoms with Gasteiger partial charge in [0.2, 0.25) is 0 Å². The second kappa shape index (κ2) is 7.06. The molecule has 1 saturated heterocycles. The van der Waals surface area contributed by atoms with Gasteiger partial charge in [-0.25, -0.2) is 4.39 Å². The Kier molecular flexibility index (Phi) is 5.39. The second-order valence-corrected chi connectivity index (χ2v) is 6.52. The Bertz CT molecular complexity index is 532. The van der Waals surface area contributed by atoms with E-state index >= 15 is 0 Å². The number of halogens is 1. The number of benzene rings is 1. The minimum atomic E-state index is -0.185. The first-order chi connectivity index (χ1) is 10.00. The number of nitrogens with zero attached hydrogens (tertiary/aromatic N) is 1. The number of aliphatic hydroxyl groups excluding tert-OH is 1. The third-order valence-electron chi connectivity index (χ3n) is 4.13. The van der Waals surface area contributed by atoms with Crippen molar-refractivity contribution in [2.45, 2.75) is 39.7 Å². The van der Waals surface area contributed by atoms with Gasteiger partial charge >= 0.3 is 0 Å². The van der Waals surface area contributed by atoms with Crippen molar-refractivity contribution < 1.29 is 9.50 Å². The van der Waals surface area contributed by atoms with E-state index in [1.54, 1.807) is 0 Å². The highest BCUT2D eigenvalue weighted by atomic mass is 19.1. The molecule has 21 heavy (non-hydrogen) atoms. The summed E-state index contributed by atoms with van der Waals surface area (Å²) in [6.07, 6.45) is 2.76. The van der Waals surface area contributed by atoms with Gasteiger partial charge in [0.25, 0.3) is 0 Å². The highest BCUT2D eigenvalue weighted by Crippen LogP contribution is 2.30. The van der Waals surface area contributed by atoms with Gasteiger partial charge in [0, 0.05) is 24.1 Å². The summed E-state index contributed by atoms with van der Waals surface area (Å²) in [5.41, 5.74) is 1.83. The van der Waals surface area contributed by atoms with E-state index in [9.17, 15) is 4.39 Å². The van der Waals surface area contributed by atoms with Gasteiger partial charge in [0.15, 0.2) is 0 Å². The van der Waals surface area contributed by atoms with Crippen LogP contribution in [0.5, 0.6) is 0 Å². The summed E-state index contributed by atoms with van der Waals surface area (Å²) in [6, 6.07) is 5.18. The van der Waals surface area contributed by atoms with Gasteiger partial charge in [-0.05, 0) is 43.5 Å². The van der Waals surface area contributed by atoms with Crippen LogP contribution in [0.1, 0.15) is 44.2 Å². The summed E-state index contributed by atoms with van der Waals surface area (Å²) in [5.74, 6) is 5.49. The molecule has 114 valence electrons. The lowest BCUT2D eigenvalue weighted by molar-refractivity contribution is 0.126. The molecule has 1 fully saturated rings. The molecule has 3 heteroatoms. The zero-order valence-electron chi connectivity index (χ0n) is 13.0. The van der Waals surface area contributed by atoms with Crippen LogP contribution in [0.2, 0.25) is 0 Å². The van der Waals surface area contributed by atoms with Gasteiger partial charge in [0.1, 0.15) is 5.82 Å². The highest BCUT2D eigenvalue weighted by molar-refractivity contribution is 5.37. The van der Waals surface area contributed by atoms with E-state index in [0.717, 1.165) is 18.7 Å². The lowest BCUT2D eigenvalue weighted by atomic mass is 9.82. The molecule has 0 bridgehead atoms. The summed E-state index contributed by atoms with van der Waals surface area (Å²) < 4.78 is 14.1. The van der Waals surface area contributed by atoms with Crippen LogP contribution in [-0.4, -0.2) is 29.7 Å². The number of hydrogen-bond donors (Lipinski definition) is 1. The Balaban J connectivity index is 1.97. The van der Waals surface area contributed by atoms with E-state index < -0.39 is 0 Å². The molecular formula is C18H24FNO. The Morgan fingerprint density at radius 1 is 1.29 bits per heavy atom. The number of rotatable bonds is 3. The second-order valence-electron chi connectivity index (χ2n) is 6.52. The van der Waals surface area contributed by atoms with Crippen molar-refractivity contribution in [1.29, 1.82) is 0 Å². The highest BCUT2D eigenvalue weighted by Gasteiger charge is 2.25. The summed E-state index contributed by atoms with van der Waals surface area (Å²) in [4.78, 5) is 2.32. The normalized spacial score (nSPS) is 18.1. The van der Waals surface area contributed by atoms with Crippen molar-refractivity contribution in [3.63, 3.8) is 0 Å². The average Bonchev–Trinajstić information content (AvgIpc) is 2.44. The third-order valence-corrected chi connectivity index (χ3v) is 4.13. The van der Waals surface area contributed by atoms with Crippen LogP contribution in [0.4, 0.5) is 4.39 Å². The minimum Gasteiger partial charge on any atom is -0.395 e. The van der Waals surface area contributed by atoms with Gasteiger partial charge in [0.05, 0.1) is 6.61 Å². The summed E-state index contributed by atoms with van der Waals surface area (Å²) in [6.45, 7) is 7.37. The van der Waals surface area contributed by atoms with Gasteiger partial charge in [-0.3, -0.25) is 4.90 Å². The molecule has 1 aromatic carbocycles. The lowest BCUT2D eigenvalue weighted by Gasteiger charge is -2.36. The largest absolute Gasteiger partial charge is 0.395 e. The maximum absolute atomic E-state index is 14.1. The van der Waals surface area contributed by atoms with Crippen LogP contribution in [-0.2, 0) is 6.54 Å². The van der Waals surface area contributed by atoms with Crippen LogP contribution in [0.25, 0.3) is 0 Å². The standard InChI is InChI=1S/C18H24FNO/c1-18(2)8-10-20(11-9-18)14-16-7-6-15(13-17(16)19)5-3-4-12-21/h6-7,13,21H,4,8-12,14H2,1-2H3. The van der Waals surface area contributed by atoms with E-state index in [2.05, 4.69) is 30.6 Å². The molecule has 1 aliphatic rings. The molecule has 0 radical (unpaired) electrons. The quantitative estimate of drug-likeness (QED) is 0.864. The molecular weight excluding hydrogens is 265 g/mol. The van der Waals surface area contributed by atoms with E-state index in [1.807, 2.05) is 12.1 Å². The monoisotopic (exact) mass is 289 g/mol. The maximum atomic E-state index is 14.1. The third kappa shape index (κ3) is 4.84. The van der Waals surface area contributed by atoms with Crippen molar-refractivity contribution in [1.82, 2.24) is 4.90 Å². The first-order valence-electron chi connectivity index (χ1n) is 7.61. The molecule has 0 saturated carbocycles. The summed E-state index contributed by atoms with van der Waals surface area (Å²) in [5, 5.41) is 8.68. The van der Waals surface area contributed by atoms with E-state index in [-0.39, 0.29) is 12.4 Å². The molecule has 1 N–H and O–H groups in total. The zero-order chi connectivity index (χ0) is 15.3. The molecule has 0 atom stereocenters. The molecule has 1 aromatic rings.